The number of carboxylic acid groups (broad SMARTS) is 1. The molecule has 0 saturated carbocycles. The van der Waals surface area contributed by atoms with Crippen molar-refractivity contribution in [1.29, 1.82) is 0 Å². The quantitative estimate of drug-likeness (QED) is 0.435. The Morgan fingerprint density at radius 3 is 2.62 bits per heavy atom. The van der Waals surface area contributed by atoms with Crippen LogP contribution in [-0.2, 0) is 9.59 Å². The summed E-state index contributed by atoms with van der Waals surface area (Å²) in [5, 5.41) is 12.1. The average Bonchev–Trinajstić information content (AvgIpc) is 3.50. The fourth-order valence-corrected chi connectivity index (χ4v) is 3.13. The molecule has 2 heterocycles. The molecule has 32 heavy (non-hydrogen) atoms. The molecule has 0 unspecified atom stereocenters. The van der Waals surface area contributed by atoms with Gasteiger partial charge in [-0.25, -0.2) is 14.8 Å². The molecule has 0 fully saturated rings. The number of likely N-dealkylation sites (N-methyl/N-ethyl adjacent to an activating group) is 1. The number of rotatable bonds is 6. The summed E-state index contributed by atoms with van der Waals surface area (Å²) in [5.74, 6) is -1.11. The van der Waals surface area contributed by atoms with Gasteiger partial charge in [0.05, 0.1) is 30.8 Å². The standard InChI is InChI=1S/C22H18N4O6/c1-26(20(27)21(28)29)16-6-4-3-5-14(16)19-11-24-22(32-19)25-13-7-8-15(17(9-13)30-2)18-10-23-12-31-18/h3-12H,1-2H3,(H,24,25)(H,28,29). The minimum atomic E-state index is -1.55. The topological polar surface area (TPSA) is 131 Å². The van der Waals surface area contributed by atoms with E-state index in [9.17, 15) is 9.59 Å². The fraction of sp³-hybridized carbons (Fsp3) is 0.0909. The Morgan fingerprint density at radius 2 is 1.91 bits per heavy atom. The molecule has 4 rings (SSSR count). The van der Waals surface area contributed by atoms with E-state index < -0.39 is 11.9 Å². The highest BCUT2D eigenvalue weighted by molar-refractivity contribution is 6.37. The van der Waals surface area contributed by atoms with Crippen LogP contribution in [0.25, 0.3) is 22.6 Å². The zero-order valence-corrected chi connectivity index (χ0v) is 17.1. The minimum Gasteiger partial charge on any atom is -0.496 e. The van der Waals surface area contributed by atoms with Crippen molar-refractivity contribution in [2.75, 3.05) is 24.4 Å². The second-order valence-corrected chi connectivity index (χ2v) is 6.62. The molecule has 162 valence electrons. The van der Waals surface area contributed by atoms with Crippen LogP contribution in [-0.4, -0.2) is 41.1 Å². The molecule has 0 aliphatic rings. The van der Waals surface area contributed by atoms with Crippen LogP contribution in [0, 0.1) is 0 Å². The monoisotopic (exact) mass is 434 g/mol. The average molecular weight is 434 g/mol. The van der Waals surface area contributed by atoms with Crippen molar-refractivity contribution in [3.05, 3.63) is 61.3 Å². The van der Waals surface area contributed by atoms with E-state index in [2.05, 4.69) is 15.3 Å². The van der Waals surface area contributed by atoms with E-state index in [-0.39, 0.29) is 6.01 Å². The molecule has 4 aromatic rings. The van der Waals surface area contributed by atoms with Crippen molar-refractivity contribution in [3.63, 3.8) is 0 Å². The molecule has 0 bridgehead atoms. The number of nitrogens with one attached hydrogen (secondary N) is 1. The van der Waals surface area contributed by atoms with E-state index in [0.29, 0.717) is 34.2 Å². The van der Waals surface area contributed by atoms with E-state index in [0.717, 1.165) is 10.5 Å². The number of carbonyl (C=O) groups is 2. The van der Waals surface area contributed by atoms with Gasteiger partial charge in [-0.1, -0.05) is 12.1 Å². The summed E-state index contributed by atoms with van der Waals surface area (Å²) in [7, 11) is 2.93. The Kier molecular flexibility index (Phi) is 5.58. The SMILES string of the molecule is COc1cc(Nc2ncc(-c3ccccc3N(C)C(=O)C(=O)O)o2)ccc1-c1cnco1. The molecule has 0 spiro atoms. The summed E-state index contributed by atoms with van der Waals surface area (Å²) in [6.07, 6.45) is 4.42. The number of para-hydroxylation sites is 1. The van der Waals surface area contributed by atoms with Crippen LogP contribution < -0.4 is 15.0 Å². The smallest absolute Gasteiger partial charge is 0.394 e. The zero-order chi connectivity index (χ0) is 22.7. The second kappa shape index (κ2) is 8.64. The first-order chi connectivity index (χ1) is 15.5. The summed E-state index contributed by atoms with van der Waals surface area (Å²) in [6, 6.07) is 12.4. The van der Waals surface area contributed by atoms with E-state index in [1.165, 1.54) is 19.6 Å². The van der Waals surface area contributed by atoms with Crippen LogP contribution in [0.5, 0.6) is 5.75 Å². The Hall–Kier alpha value is -4.60. The Morgan fingerprint density at radius 1 is 1.09 bits per heavy atom. The second-order valence-electron chi connectivity index (χ2n) is 6.62. The van der Waals surface area contributed by atoms with Crippen LogP contribution in [0.3, 0.4) is 0 Å². The number of carboxylic acids is 1. The lowest BCUT2D eigenvalue weighted by Crippen LogP contribution is -2.33. The summed E-state index contributed by atoms with van der Waals surface area (Å²) in [6.45, 7) is 0. The summed E-state index contributed by atoms with van der Waals surface area (Å²) in [5.41, 5.74) is 2.29. The number of aliphatic carboxylic acids is 1. The number of hydrogen-bond donors (Lipinski definition) is 2. The van der Waals surface area contributed by atoms with Gasteiger partial charge in [-0.05, 0) is 24.3 Å². The van der Waals surface area contributed by atoms with Gasteiger partial charge in [0.15, 0.2) is 17.9 Å². The third-order valence-corrected chi connectivity index (χ3v) is 4.67. The molecule has 2 aromatic heterocycles. The third kappa shape index (κ3) is 4.01. The first-order valence-corrected chi connectivity index (χ1v) is 9.38. The highest BCUT2D eigenvalue weighted by atomic mass is 16.5. The van der Waals surface area contributed by atoms with Crippen LogP contribution in [0.4, 0.5) is 17.4 Å². The lowest BCUT2D eigenvalue weighted by atomic mass is 10.1. The zero-order valence-electron chi connectivity index (χ0n) is 17.1. The van der Waals surface area contributed by atoms with Crippen molar-refractivity contribution in [2.24, 2.45) is 0 Å². The molecule has 0 aliphatic carbocycles. The van der Waals surface area contributed by atoms with Crippen molar-refractivity contribution < 1.29 is 28.3 Å². The van der Waals surface area contributed by atoms with E-state index >= 15 is 0 Å². The number of methoxy groups -OCH3 is 1. The molecular formula is C22H18N4O6. The number of amides is 1. The highest BCUT2D eigenvalue weighted by Crippen LogP contribution is 2.35. The van der Waals surface area contributed by atoms with Gasteiger partial charge in [0, 0.05) is 24.4 Å². The summed E-state index contributed by atoms with van der Waals surface area (Å²) < 4.78 is 16.6. The predicted octanol–water partition coefficient (Wildman–Crippen LogP) is 3.80. The number of carbonyl (C=O) groups excluding carboxylic acids is 1. The summed E-state index contributed by atoms with van der Waals surface area (Å²) >= 11 is 0. The van der Waals surface area contributed by atoms with Crippen molar-refractivity contribution in [3.8, 4) is 28.4 Å². The van der Waals surface area contributed by atoms with Crippen molar-refractivity contribution >= 4 is 29.3 Å². The minimum absolute atomic E-state index is 0.205. The molecule has 2 N–H and O–H groups in total. The van der Waals surface area contributed by atoms with Gasteiger partial charge in [0.1, 0.15) is 5.75 Å². The number of benzene rings is 2. The lowest BCUT2D eigenvalue weighted by molar-refractivity contribution is -0.148. The highest BCUT2D eigenvalue weighted by Gasteiger charge is 2.22. The van der Waals surface area contributed by atoms with Crippen LogP contribution >= 0.6 is 0 Å². The number of ether oxygens (including phenoxy) is 1. The van der Waals surface area contributed by atoms with Gasteiger partial charge in [-0.2, -0.15) is 0 Å². The fourth-order valence-electron chi connectivity index (χ4n) is 3.13. The summed E-state index contributed by atoms with van der Waals surface area (Å²) in [4.78, 5) is 32.1. The van der Waals surface area contributed by atoms with Gasteiger partial charge < -0.3 is 28.9 Å². The van der Waals surface area contributed by atoms with Crippen LogP contribution in [0.1, 0.15) is 0 Å². The van der Waals surface area contributed by atoms with E-state index in [1.807, 2.05) is 6.07 Å². The molecule has 10 nitrogen and oxygen atoms in total. The normalized spacial score (nSPS) is 10.6. The van der Waals surface area contributed by atoms with Gasteiger partial charge >= 0.3 is 11.9 Å². The molecular weight excluding hydrogens is 416 g/mol. The van der Waals surface area contributed by atoms with Crippen LogP contribution in [0.2, 0.25) is 0 Å². The molecule has 2 aromatic carbocycles. The largest absolute Gasteiger partial charge is 0.496 e. The number of hydrogen-bond acceptors (Lipinski definition) is 8. The van der Waals surface area contributed by atoms with Gasteiger partial charge in [0.25, 0.3) is 6.01 Å². The Labute approximate surface area is 182 Å². The van der Waals surface area contributed by atoms with Gasteiger partial charge in [-0.3, -0.25) is 4.79 Å². The maximum absolute atomic E-state index is 11.9. The van der Waals surface area contributed by atoms with Gasteiger partial charge in [-0.15, -0.1) is 0 Å². The van der Waals surface area contributed by atoms with Crippen LogP contribution in [0.15, 0.2) is 70.1 Å². The van der Waals surface area contributed by atoms with E-state index in [4.69, 9.17) is 18.7 Å². The molecule has 10 heteroatoms. The molecule has 0 radical (unpaired) electrons. The van der Waals surface area contributed by atoms with E-state index in [1.54, 1.807) is 49.7 Å². The number of nitrogens with zero attached hydrogens (tertiary/aromatic N) is 3. The van der Waals surface area contributed by atoms with Gasteiger partial charge in [0.2, 0.25) is 0 Å². The maximum atomic E-state index is 11.9. The van der Waals surface area contributed by atoms with Crippen molar-refractivity contribution in [2.45, 2.75) is 0 Å². The molecule has 0 aliphatic heterocycles. The lowest BCUT2D eigenvalue weighted by Gasteiger charge is -2.17. The Balaban J connectivity index is 1.60. The molecule has 0 saturated heterocycles. The number of oxazole rings is 2. The molecule has 0 atom stereocenters. The first kappa shape index (κ1) is 20.7. The maximum Gasteiger partial charge on any atom is 0.394 e. The number of aromatic nitrogens is 2. The first-order valence-electron chi connectivity index (χ1n) is 9.38. The predicted molar refractivity (Wildman–Crippen MR) is 115 cm³/mol. The number of anilines is 3. The Bertz CT molecular complexity index is 1270. The van der Waals surface area contributed by atoms with Crippen molar-refractivity contribution in [1.82, 2.24) is 9.97 Å². The molecule has 1 amide bonds. The third-order valence-electron chi connectivity index (χ3n) is 4.67.